The van der Waals surface area contributed by atoms with E-state index in [-0.39, 0.29) is 36.2 Å². The van der Waals surface area contributed by atoms with Crippen LogP contribution in [0.1, 0.15) is 94.1 Å². The Labute approximate surface area is 275 Å². The molecule has 0 heterocycles. The summed E-state index contributed by atoms with van der Waals surface area (Å²) in [6.07, 6.45) is 16.1. The van der Waals surface area contributed by atoms with Crippen LogP contribution in [0.3, 0.4) is 0 Å². The molecule has 6 heteroatoms. The average molecular weight is 629 g/mol. The summed E-state index contributed by atoms with van der Waals surface area (Å²) in [4.78, 5) is 24.2. The van der Waals surface area contributed by atoms with Gasteiger partial charge in [0.25, 0.3) is 0 Å². The number of esters is 2. The number of hydrogen-bond acceptors (Lipinski definition) is 6. The van der Waals surface area contributed by atoms with Crippen molar-refractivity contribution in [1.29, 1.82) is 0 Å². The van der Waals surface area contributed by atoms with E-state index in [2.05, 4.69) is 80.8 Å². The molecule has 0 unspecified atom stereocenters. The fourth-order valence-electron chi connectivity index (χ4n) is 7.12. The molecule has 0 spiro atoms. The molecule has 0 amide bonds. The summed E-state index contributed by atoms with van der Waals surface area (Å²) in [6, 6.07) is 18.2. The van der Waals surface area contributed by atoms with Gasteiger partial charge in [0.2, 0.25) is 0 Å². The van der Waals surface area contributed by atoms with Gasteiger partial charge in [-0.3, -0.25) is 0 Å². The normalized spacial score (nSPS) is 21.7. The first-order valence-electron chi connectivity index (χ1n) is 17.1. The van der Waals surface area contributed by atoms with E-state index in [9.17, 15) is 19.8 Å². The molecule has 2 aromatic carbocycles. The number of carbonyl (C=O) groups excluding carboxylic acids is 2. The van der Waals surface area contributed by atoms with Gasteiger partial charge in [-0.1, -0.05) is 73.8 Å². The van der Waals surface area contributed by atoms with Crippen LogP contribution in [-0.2, 0) is 19.1 Å². The smallest absolute Gasteiger partial charge is 0.335 e. The topological polar surface area (TPSA) is 93.1 Å². The average Bonchev–Trinajstić information content (AvgIpc) is 3.11. The zero-order valence-electron chi connectivity index (χ0n) is 27.5. The maximum Gasteiger partial charge on any atom is 0.335 e. The molecule has 0 saturated heterocycles. The van der Waals surface area contributed by atoms with Crippen molar-refractivity contribution in [1.82, 2.24) is 0 Å². The minimum Gasteiger partial charge on any atom is -0.462 e. The van der Waals surface area contributed by atoms with Crippen molar-refractivity contribution in [2.24, 2.45) is 17.8 Å². The maximum absolute atomic E-state index is 12.1. The lowest BCUT2D eigenvalue weighted by Gasteiger charge is -2.33. The minimum atomic E-state index is -0.652. The molecule has 2 aliphatic carbocycles. The van der Waals surface area contributed by atoms with Crippen molar-refractivity contribution in [3.63, 3.8) is 0 Å². The van der Waals surface area contributed by atoms with E-state index in [0.29, 0.717) is 11.8 Å². The number of carbonyl (C=O) groups is 2. The summed E-state index contributed by atoms with van der Waals surface area (Å²) in [5.41, 5.74) is 5.26. The van der Waals surface area contributed by atoms with Gasteiger partial charge in [0.1, 0.15) is 0 Å². The van der Waals surface area contributed by atoms with Crippen molar-refractivity contribution >= 4 is 11.9 Å². The summed E-state index contributed by atoms with van der Waals surface area (Å²) >= 11 is 0. The van der Waals surface area contributed by atoms with Crippen LogP contribution in [0, 0.1) is 17.8 Å². The third-order valence-electron chi connectivity index (χ3n) is 10.2. The lowest BCUT2D eigenvalue weighted by Crippen LogP contribution is -2.31. The lowest BCUT2D eigenvalue weighted by atomic mass is 9.74. The number of benzene rings is 2. The summed E-state index contributed by atoms with van der Waals surface area (Å²) in [6.45, 7) is 8.35. The van der Waals surface area contributed by atoms with Crippen LogP contribution in [0.4, 0.5) is 0 Å². The highest BCUT2D eigenvalue weighted by Crippen LogP contribution is 2.41. The Kier molecular flexibility index (Phi) is 13.9. The highest BCUT2D eigenvalue weighted by molar-refractivity contribution is 5.88. The van der Waals surface area contributed by atoms with Crippen LogP contribution in [-0.4, -0.2) is 48.6 Å². The second-order valence-corrected chi connectivity index (χ2v) is 13.2. The van der Waals surface area contributed by atoms with E-state index in [1.165, 1.54) is 60.8 Å². The molecule has 4 rings (SSSR count). The molecule has 2 aliphatic rings. The molecule has 2 N–H and O–H groups in total. The molecule has 0 aliphatic heterocycles. The van der Waals surface area contributed by atoms with Crippen LogP contribution in [0.25, 0.3) is 11.1 Å². The highest BCUT2D eigenvalue weighted by Gasteiger charge is 2.31. The number of allylic oxidation sites excluding steroid dienone is 2. The van der Waals surface area contributed by atoms with Crippen molar-refractivity contribution in [2.75, 3.05) is 26.4 Å². The van der Waals surface area contributed by atoms with Gasteiger partial charge in [0, 0.05) is 5.92 Å². The molecule has 6 nitrogen and oxygen atoms in total. The quantitative estimate of drug-likeness (QED) is 0.118. The van der Waals surface area contributed by atoms with Gasteiger partial charge in [0.05, 0.1) is 37.6 Å². The van der Waals surface area contributed by atoms with E-state index in [1.807, 2.05) is 0 Å². The predicted octanol–water partition coefficient (Wildman–Crippen LogP) is 8.06. The SMILES string of the molecule is C=C(CO)C(=O)OCC(COC(=O)C(=C)CO)C1CCC(c2ccc(-c3ccc(C4CCC(CC/C=C/C)CC4)cc3)cc2)CC1. The molecular weight excluding hydrogens is 576 g/mol. The van der Waals surface area contributed by atoms with Crippen molar-refractivity contribution in [2.45, 2.75) is 83.0 Å². The Morgan fingerprint density at radius 1 is 0.739 bits per heavy atom. The van der Waals surface area contributed by atoms with Crippen LogP contribution in [0.2, 0.25) is 0 Å². The Balaban J connectivity index is 1.29. The van der Waals surface area contributed by atoms with Crippen molar-refractivity contribution < 1.29 is 29.3 Å². The monoisotopic (exact) mass is 628 g/mol. The minimum absolute atomic E-state index is 0.0129. The van der Waals surface area contributed by atoms with E-state index in [4.69, 9.17) is 9.47 Å². The lowest BCUT2D eigenvalue weighted by molar-refractivity contribution is -0.146. The van der Waals surface area contributed by atoms with Gasteiger partial charge in [0.15, 0.2) is 0 Å². The van der Waals surface area contributed by atoms with Gasteiger partial charge >= 0.3 is 11.9 Å². The zero-order chi connectivity index (χ0) is 32.9. The van der Waals surface area contributed by atoms with Crippen LogP contribution >= 0.6 is 0 Å². The van der Waals surface area contributed by atoms with Crippen molar-refractivity contribution in [3.8, 4) is 11.1 Å². The van der Waals surface area contributed by atoms with E-state index in [0.717, 1.165) is 31.6 Å². The number of hydrogen-bond donors (Lipinski definition) is 2. The summed E-state index contributed by atoms with van der Waals surface area (Å²) in [7, 11) is 0. The molecule has 2 fully saturated rings. The Morgan fingerprint density at radius 3 is 1.59 bits per heavy atom. The third-order valence-corrected chi connectivity index (χ3v) is 10.2. The standard InChI is InChI=1S/C40H52O6/c1-4-5-6-7-30-8-10-31(11-9-30)32-12-14-33(15-13-32)34-16-18-35(19-17-34)36-20-22-37(23-21-36)38(26-45-39(43)28(2)24-41)27-46-40(44)29(3)25-42/h4-5,12-19,30-31,36-38,41-42H,2-3,6-11,20-27H2,1H3/b5-4+. The van der Waals surface area contributed by atoms with E-state index < -0.39 is 25.2 Å². The summed E-state index contributed by atoms with van der Waals surface area (Å²) < 4.78 is 10.8. The molecule has 46 heavy (non-hydrogen) atoms. The Morgan fingerprint density at radius 2 is 1.17 bits per heavy atom. The number of rotatable bonds is 15. The Bertz CT molecular complexity index is 1280. The number of ether oxygens (including phenoxy) is 2. The zero-order valence-corrected chi connectivity index (χ0v) is 27.5. The summed E-state index contributed by atoms with van der Waals surface area (Å²) in [5.74, 6) is 0.703. The first kappa shape index (κ1) is 35.4. The van der Waals surface area contributed by atoms with Gasteiger partial charge < -0.3 is 19.7 Å². The molecular formula is C40H52O6. The number of aliphatic hydroxyl groups excluding tert-OH is 2. The van der Waals surface area contributed by atoms with E-state index in [1.54, 1.807) is 0 Å². The molecule has 2 aromatic rings. The van der Waals surface area contributed by atoms with Gasteiger partial charge in [-0.15, -0.1) is 0 Å². The van der Waals surface area contributed by atoms with Crippen LogP contribution < -0.4 is 0 Å². The first-order valence-corrected chi connectivity index (χ1v) is 17.1. The maximum atomic E-state index is 12.1. The molecule has 0 radical (unpaired) electrons. The Hall–Kier alpha value is -3.48. The van der Waals surface area contributed by atoms with Crippen LogP contribution in [0.15, 0.2) is 85.0 Å². The van der Waals surface area contributed by atoms with Crippen LogP contribution in [0.5, 0.6) is 0 Å². The fourth-order valence-corrected chi connectivity index (χ4v) is 7.12. The highest BCUT2D eigenvalue weighted by atomic mass is 16.5. The third kappa shape index (κ3) is 10.0. The molecule has 2 saturated carbocycles. The van der Waals surface area contributed by atoms with E-state index >= 15 is 0 Å². The fraction of sp³-hybridized carbons (Fsp3) is 0.500. The molecule has 0 atom stereocenters. The van der Waals surface area contributed by atoms with Gasteiger partial charge in [-0.05, 0) is 117 Å². The van der Waals surface area contributed by atoms with Gasteiger partial charge in [-0.25, -0.2) is 9.59 Å². The largest absolute Gasteiger partial charge is 0.462 e. The number of aliphatic hydroxyl groups is 2. The second kappa shape index (κ2) is 18.0. The van der Waals surface area contributed by atoms with Gasteiger partial charge in [-0.2, -0.15) is 0 Å². The first-order chi connectivity index (χ1) is 22.3. The summed E-state index contributed by atoms with van der Waals surface area (Å²) in [5, 5.41) is 18.4. The molecule has 0 bridgehead atoms. The molecule has 248 valence electrons. The second-order valence-electron chi connectivity index (χ2n) is 13.2. The predicted molar refractivity (Wildman–Crippen MR) is 183 cm³/mol. The molecule has 0 aromatic heterocycles. The van der Waals surface area contributed by atoms with Crippen molar-refractivity contribution in [3.05, 3.63) is 96.1 Å².